The van der Waals surface area contributed by atoms with Crippen LogP contribution in [-0.2, 0) is 11.2 Å². The van der Waals surface area contributed by atoms with Crippen LogP contribution in [0, 0.1) is 0 Å². The van der Waals surface area contributed by atoms with Gasteiger partial charge in [-0.15, -0.1) is 24.0 Å². The summed E-state index contributed by atoms with van der Waals surface area (Å²) in [4.78, 5) is 20.3. The summed E-state index contributed by atoms with van der Waals surface area (Å²) in [6, 6.07) is 12.0. The Morgan fingerprint density at radius 2 is 2.12 bits per heavy atom. The third kappa shape index (κ3) is 5.42. The average molecular weight is 465 g/mol. The van der Waals surface area contributed by atoms with Crippen LogP contribution in [0.4, 0.5) is 5.69 Å². The SMILES string of the molecule is CN=C(NCCc1cccnc1)NCC1CC(=O)Nc2ccccc21.I. The van der Waals surface area contributed by atoms with Gasteiger partial charge in [-0.1, -0.05) is 24.3 Å². The first-order valence-electron chi connectivity index (χ1n) is 8.48. The Balaban J connectivity index is 0.00000243. The van der Waals surface area contributed by atoms with Gasteiger partial charge in [-0.2, -0.15) is 0 Å². The van der Waals surface area contributed by atoms with E-state index in [4.69, 9.17) is 0 Å². The fourth-order valence-corrected chi connectivity index (χ4v) is 3.00. The predicted molar refractivity (Wildman–Crippen MR) is 115 cm³/mol. The van der Waals surface area contributed by atoms with Gasteiger partial charge < -0.3 is 16.0 Å². The third-order valence-corrected chi connectivity index (χ3v) is 4.27. The van der Waals surface area contributed by atoms with Crippen molar-refractivity contribution < 1.29 is 4.79 Å². The number of benzene rings is 1. The number of fused-ring (bicyclic) bond motifs is 1. The van der Waals surface area contributed by atoms with Crippen LogP contribution in [-0.4, -0.2) is 37.0 Å². The number of rotatable bonds is 5. The summed E-state index contributed by atoms with van der Waals surface area (Å²) < 4.78 is 0. The van der Waals surface area contributed by atoms with Crippen molar-refractivity contribution in [2.45, 2.75) is 18.8 Å². The minimum atomic E-state index is 0. The number of nitrogens with one attached hydrogen (secondary N) is 3. The molecule has 0 fully saturated rings. The van der Waals surface area contributed by atoms with Crippen LogP contribution < -0.4 is 16.0 Å². The summed E-state index contributed by atoms with van der Waals surface area (Å²) in [6.45, 7) is 1.43. The summed E-state index contributed by atoms with van der Waals surface area (Å²) >= 11 is 0. The molecular formula is C19H24IN5O. The summed E-state index contributed by atoms with van der Waals surface area (Å²) in [5.41, 5.74) is 3.26. The van der Waals surface area contributed by atoms with Gasteiger partial charge in [0, 0.05) is 50.6 Å². The zero-order valence-electron chi connectivity index (χ0n) is 14.7. The second-order valence-corrected chi connectivity index (χ2v) is 6.03. The van der Waals surface area contributed by atoms with E-state index >= 15 is 0 Å². The Labute approximate surface area is 170 Å². The molecule has 2 heterocycles. The van der Waals surface area contributed by atoms with E-state index in [0.29, 0.717) is 13.0 Å². The number of carbonyl (C=O) groups excluding carboxylic acids is 1. The van der Waals surface area contributed by atoms with Crippen molar-refractivity contribution in [2.24, 2.45) is 4.99 Å². The molecule has 1 aromatic heterocycles. The van der Waals surface area contributed by atoms with Gasteiger partial charge in [0.25, 0.3) is 0 Å². The topological polar surface area (TPSA) is 78.4 Å². The molecule has 26 heavy (non-hydrogen) atoms. The number of hydrogen-bond donors (Lipinski definition) is 3. The molecule has 1 unspecified atom stereocenters. The molecule has 0 bridgehead atoms. The molecule has 1 aliphatic heterocycles. The Morgan fingerprint density at radius 1 is 1.27 bits per heavy atom. The molecule has 7 heteroatoms. The lowest BCUT2D eigenvalue weighted by atomic mass is 9.90. The lowest BCUT2D eigenvalue weighted by molar-refractivity contribution is -0.116. The number of nitrogens with zero attached hydrogens (tertiary/aromatic N) is 2. The summed E-state index contributed by atoms with van der Waals surface area (Å²) in [5, 5.41) is 9.56. The van der Waals surface area contributed by atoms with E-state index in [1.165, 1.54) is 11.1 Å². The Morgan fingerprint density at radius 3 is 2.88 bits per heavy atom. The van der Waals surface area contributed by atoms with Crippen LogP contribution >= 0.6 is 24.0 Å². The van der Waals surface area contributed by atoms with E-state index in [9.17, 15) is 4.79 Å². The van der Waals surface area contributed by atoms with E-state index in [2.05, 4.69) is 38.1 Å². The highest BCUT2D eigenvalue weighted by atomic mass is 127. The highest BCUT2D eigenvalue weighted by Gasteiger charge is 2.24. The second-order valence-electron chi connectivity index (χ2n) is 6.03. The zero-order chi connectivity index (χ0) is 17.5. The first-order chi connectivity index (χ1) is 12.3. The van der Waals surface area contributed by atoms with Gasteiger partial charge in [0.05, 0.1) is 0 Å². The zero-order valence-corrected chi connectivity index (χ0v) is 17.1. The van der Waals surface area contributed by atoms with E-state index in [1.807, 2.05) is 30.5 Å². The minimum Gasteiger partial charge on any atom is -0.356 e. The molecule has 0 aliphatic carbocycles. The van der Waals surface area contributed by atoms with Crippen molar-refractivity contribution in [1.82, 2.24) is 15.6 Å². The molecule has 1 aliphatic rings. The Kier molecular flexibility index (Phi) is 7.83. The normalized spacial score (nSPS) is 16.1. The maximum absolute atomic E-state index is 11.9. The molecule has 138 valence electrons. The molecule has 0 saturated heterocycles. The second kappa shape index (κ2) is 10.1. The van der Waals surface area contributed by atoms with Crippen molar-refractivity contribution in [1.29, 1.82) is 0 Å². The van der Waals surface area contributed by atoms with Crippen molar-refractivity contribution in [3.63, 3.8) is 0 Å². The number of anilines is 1. The molecule has 1 atom stereocenters. The highest BCUT2D eigenvalue weighted by molar-refractivity contribution is 14.0. The molecule has 0 spiro atoms. The van der Waals surface area contributed by atoms with Crippen molar-refractivity contribution in [3.8, 4) is 0 Å². The quantitative estimate of drug-likeness (QED) is 0.361. The van der Waals surface area contributed by atoms with Crippen LogP contribution in [0.5, 0.6) is 0 Å². The maximum atomic E-state index is 11.9. The van der Waals surface area contributed by atoms with E-state index in [-0.39, 0.29) is 35.8 Å². The predicted octanol–water partition coefficient (Wildman–Crippen LogP) is 2.53. The lowest BCUT2D eigenvalue weighted by Gasteiger charge is -2.26. The smallest absolute Gasteiger partial charge is 0.225 e. The maximum Gasteiger partial charge on any atom is 0.225 e. The number of halogens is 1. The van der Waals surface area contributed by atoms with E-state index in [1.54, 1.807) is 13.2 Å². The standard InChI is InChI=1S/C19H23N5O.HI/c1-20-19(22-10-8-14-5-4-9-21-12-14)23-13-15-11-18(25)24-17-7-3-2-6-16(15)17;/h2-7,9,12,15H,8,10-11,13H2,1H3,(H,24,25)(H2,20,22,23);1H. The number of aromatic nitrogens is 1. The van der Waals surface area contributed by atoms with Crippen molar-refractivity contribution >= 4 is 41.5 Å². The minimum absolute atomic E-state index is 0. The van der Waals surface area contributed by atoms with Crippen LogP contribution in [0.3, 0.4) is 0 Å². The molecule has 2 aromatic rings. The van der Waals surface area contributed by atoms with Gasteiger partial charge in [-0.3, -0.25) is 14.8 Å². The van der Waals surface area contributed by atoms with Gasteiger partial charge in [0.1, 0.15) is 0 Å². The van der Waals surface area contributed by atoms with E-state index in [0.717, 1.165) is 24.6 Å². The molecular weight excluding hydrogens is 441 g/mol. The molecule has 6 nitrogen and oxygen atoms in total. The molecule has 3 N–H and O–H groups in total. The van der Waals surface area contributed by atoms with Crippen molar-refractivity contribution in [3.05, 3.63) is 59.9 Å². The number of hydrogen-bond acceptors (Lipinski definition) is 3. The van der Waals surface area contributed by atoms with Gasteiger partial charge in [-0.05, 0) is 29.7 Å². The van der Waals surface area contributed by atoms with Crippen LogP contribution in [0.25, 0.3) is 0 Å². The first-order valence-corrected chi connectivity index (χ1v) is 8.48. The number of aliphatic imine (C=N–C) groups is 1. The molecule has 0 saturated carbocycles. The van der Waals surface area contributed by atoms with Gasteiger partial charge in [0.15, 0.2) is 5.96 Å². The number of amides is 1. The molecule has 0 radical (unpaired) electrons. The number of carbonyl (C=O) groups is 1. The lowest BCUT2D eigenvalue weighted by Crippen LogP contribution is -2.41. The van der Waals surface area contributed by atoms with Crippen LogP contribution in [0.15, 0.2) is 53.8 Å². The van der Waals surface area contributed by atoms with Crippen LogP contribution in [0.2, 0.25) is 0 Å². The summed E-state index contributed by atoms with van der Waals surface area (Å²) in [6.07, 6.45) is 5.00. The largest absolute Gasteiger partial charge is 0.356 e. The van der Waals surface area contributed by atoms with Crippen LogP contribution in [0.1, 0.15) is 23.5 Å². The van der Waals surface area contributed by atoms with Gasteiger partial charge in [0.2, 0.25) is 5.91 Å². The fourth-order valence-electron chi connectivity index (χ4n) is 3.00. The fraction of sp³-hybridized carbons (Fsp3) is 0.316. The molecule has 1 aromatic carbocycles. The monoisotopic (exact) mass is 465 g/mol. The van der Waals surface area contributed by atoms with Gasteiger partial charge >= 0.3 is 0 Å². The average Bonchev–Trinajstić information content (AvgIpc) is 2.65. The summed E-state index contributed by atoms with van der Waals surface area (Å²) in [5.74, 6) is 0.944. The first kappa shape index (κ1) is 20.2. The van der Waals surface area contributed by atoms with Crippen molar-refractivity contribution in [2.75, 3.05) is 25.5 Å². The molecule has 3 rings (SSSR count). The van der Waals surface area contributed by atoms with E-state index < -0.39 is 0 Å². The third-order valence-electron chi connectivity index (χ3n) is 4.27. The molecule has 1 amide bonds. The Hall–Kier alpha value is -2.16. The summed E-state index contributed by atoms with van der Waals surface area (Å²) in [7, 11) is 1.75. The number of para-hydroxylation sites is 1. The number of pyridine rings is 1. The van der Waals surface area contributed by atoms with Gasteiger partial charge in [-0.25, -0.2) is 0 Å². The Bertz CT molecular complexity index is 751. The highest BCUT2D eigenvalue weighted by Crippen LogP contribution is 2.31. The number of guanidine groups is 1.